The lowest BCUT2D eigenvalue weighted by Crippen LogP contribution is -2.18. The quantitative estimate of drug-likeness (QED) is 0.921. The summed E-state index contributed by atoms with van der Waals surface area (Å²) in [4.78, 5) is 16.4. The van der Waals surface area contributed by atoms with Crippen LogP contribution in [0.3, 0.4) is 0 Å². The topological polar surface area (TPSA) is 50.2 Å². The molecule has 0 radical (unpaired) electrons. The molecule has 0 saturated heterocycles. The predicted molar refractivity (Wildman–Crippen MR) is 79.6 cm³/mol. The molecule has 3 rings (SSSR count). The Balaban J connectivity index is 2.04. The molecular formula is C16H16FNO2S. The Hall–Kier alpha value is -1.75. The third kappa shape index (κ3) is 2.58. The van der Waals surface area contributed by atoms with Crippen LogP contribution < -0.4 is 0 Å². The maximum atomic E-state index is 13.1. The number of carboxylic acids is 1. The molecule has 0 aliphatic heterocycles. The van der Waals surface area contributed by atoms with Crippen LogP contribution in [0.4, 0.5) is 4.39 Å². The minimum Gasteiger partial charge on any atom is -0.477 e. The van der Waals surface area contributed by atoms with Crippen LogP contribution in [0.1, 0.15) is 58.5 Å². The zero-order valence-electron chi connectivity index (χ0n) is 11.9. The van der Waals surface area contributed by atoms with Gasteiger partial charge in [0.1, 0.15) is 15.7 Å². The number of halogens is 1. The molecule has 2 aromatic rings. The number of nitrogens with zero attached hydrogens (tertiary/aromatic N) is 1. The van der Waals surface area contributed by atoms with Crippen molar-refractivity contribution >= 4 is 17.3 Å². The number of hydrogen-bond donors (Lipinski definition) is 1. The molecule has 0 unspecified atom stereocenters. The highest BCUT2D eigenvalue weighted by Gasteiger charge is 2.35. The molecular weight excluding hydrogens is 289 g/mol. The van der Waals surface area contributed by atoms with Crippen molar-refractivity contribution < 1.29 is 14.3 Å². The van der Waals surface area contributed by atoms with Gasteiger partial charge < -0.3 is 5.11 Å². The van der Waals surface area contributed by atoms with Gasteiger partial charge in [0.05, 0.1) is 5.69 Å². The highest BCUT2D eigenvalue weighted by molar-refractivity contribution is 7.13. The highest BCUT2D eigenvalue weighted by atomic mass is 32.1. The first-order chi connectivity index (χ1) is 9.89. The highest BCUT2D eigenvalue weighted by Crippen LogP contribution is 2.45. The second kappa shape index (κ2) is 4.91. The van der Waals surface area contributed by atoms with E-state index < -0.39 is 11.4 Å². The molecule has 1 aromatic carbocycles. The second-order valence-corrected chi connectivity index (χ2v) is 6.94. The van der Waals surface area contributed by atoms with Crippen LogP contribution in [-0.4, -0.2) is 16.1 Å². The van der Waals surface area contributed by atoms with Gasteiger partial charge in [-0.3, -0.25) is 0 Å². The first-order valence-corrected chi connectivity index (χ1v) is 7.72. The van der Waals surface area contributed by atoms with Crippen molar-refractivity contribution in [1.29, 1.82) is 0 Å². The molecule has 0 bridgehead atoms. The first kappa shape index (κ1) is 14.2. The summed E-state index contributed by atoms with van der Waals surface area (Å²) < 4.78 is 13.1. The van der Waals surface area contributed by atoms with Gasteiger partial charge in [0, 0.05) is 11.3 Å². The number of carboxylic acid groups (broad SMARTS) is 1. The van der Waals surface area contributed by atoms with Crippen molar-refractivity contribution in [2.75, 3.05) is 0 Å². The van der Waals surface area contributed by atoms with E-state index in [-0.39, 0.29) is 5.82 Å². The van der Waals surface area contributed by atoms with E-state index in [2.05, 4.69) is 4.98 Å². The molecule has 3 nitrogen and oxygen atoms in total. The van der Waals surface area contributed by atoms with Gasteiger partial charge >= 0.3 is 5.97 Å². The first-order valence-electron chi connectivity index (χ1n) is 6.90. The Kier molecular flexibility index (Phi) is 3.32. The fourth-order valence-electron chi connectivity index (χ4n) is 2.38. The number of rotatable bonds is 4. The largest absolute Gasteiger partial charge is 0.477 e. The second-order valence-electron chi connectivity index (χ2n) is 5.94. The van der Waals surface area contributed by atoms with Crippen LogP contribution in [0.25, 0.3) is 0 Å². The summed E-state index contributed by atoms with van der Waals surface area (Å²) in [6, 6.07) is 6.30. The minimum absolute atomic E-state index is 0.279. The van der Waals surface area contributed by atoms with E-state index in [9.17, 15) is 14.3 Å². The summed E-state index contributed by atoms with van der Waals surface area (Å²) in [7, 11) is 0. The molecule has 1 heterocycles. The zero-order chi connectivity index (χ0) is 15.2. The summed E-state index contributed by atoms with van der Waals surface area (Å²) >= 11 is 1.24. The monoisotopic (exact) mass is 305 g/mol. The Morgan fingerprint density at radius 2 is 1.95 bits per heavy atom. The van der Waals surface area contributed by atoms with E-state index >= 15 is 0 Å². The van der Waals surface area contributed by atoms with Crippen molar-refractivity contribution in [2.24, 2.45) is 0 Å². The number of aromatic nitrogens is 1. The van der Waals surface area contributed by atoms with E-state index in [1.54, 1.807) is 12.1 Å². The summed E-state index contributed by atoms with van der Waals surface area (Å²) in [6.45, 7) is 3.97. The van der Waals surface area contributed by atoms with Crippen LogP contribution in [-0.2, 0) is 5.41 Å². The van der Waals surface area contributed by atoms with Crippen LogP contribution in [0.15, 0.2) is 24.3 Å². The van der Waals surface area contributed by atoms with Gasteiger partial charge in [-0.15, -0.1) is 11.3 Å². The maximum Gasteiger partial charge on any atom is 0.347 e. The SMILES string of the molecule is CC(C)(c1ccc(F)cc1)c1nc(C2CC2)c(C(=O)O)s1. The molecule has 1 N–H and O–H groups in total. The zero-order valence-corrected chi connectivity index (χ0v) is 12.7. The van der Waals surface area contributed by atoms with E-state index in [4.69, 9.17) is 0 Å². The van der Waals surface area contributed by atoms with E-state index in [0.717, 1.165) is 29.1 Å². The summed E-state index contributed by atoms with van der Waals surface area (Å²) in [5.74, 6) is -0.890. The Morgan fingerprint density at radius 3 is 2.48 bits per heavy atom. The molecule has 21 heavy (non-hydrogen) atoms. The molecule has 1 aliphatic carbocycles. The van der Waals surface area contributed by atoms with Crippen LogP contribution in [0, 0.1) is 5.82 Å². The average molecular weight is 305 g/mol. The molecule has 110 valence electrons. The molecule has 5 heteroatoms. The number of hydrogen-bond acceptors (Lipinski definition) is 3. The van der Waals surface area contributed by atoms with Crippen molar-refractivity contribution in [1.82, 2.24) is 4.98 Å². The number of aromatic carboxylic acids is 1. The smallest absolute Gasteiger partial charge is 0.347 e. The fourth-order valence-corrected chi connectivity index (χ4v) is 3.49. The summed E-state index contributed by atoms with van der Waals surface area (Å²) in [5, 5.41) is 10.1. The number of thiazole rings is 1. The molecule has 1 aliphatic rings. The molecule has 0 spiro atoms. The molecule has 0 atom stereocenters. The Bertz CT molecular complexity index is 687. The van der Waals surface area contributed by atoms with Gasteiger partial charge in [-0.05, 0) is 44.4 Å². The fraction of sp³-hybridized carbons (Fsp3) is 0.375. The lowest BCUT2D eigenvalue weighted by molar-refractivity contribution is 0.0700. The van der Waals surface area contributed by atoms with Gasteiger partial charge in [0.2, 0.25) is 0 Å². The van der Waals surface area contributed by atoms with Crippen LogP contribution in [0.2, 0.25) is 0 Å². The normalized spacial score (nSPS) is 15.2. The van der Waals surface area contributed by atoms with Crippen molar-refractivity contribution in [3.05, 3.63) is 51.2 Å². The van der Waals surface area contributed by atoms with Crippen molar-refractivity contribution in [3.8, 4) is 0 Å². The maximum absolute atomic E-state index is 13.1. The van der Waals surface area contributed by atoms with Crippen LogP contribution >= 0.6 is 11.3 Å². The standard InChI is InChI=1S/C16H16FNO2S/c1-16(2,10-5-7-11(17)8-6-10)15-18-12(9-3-4-9)13(21-15)14(19)20/h5-9H,3-4H2,1-2H3,(H,19,20). The van der Waals surface area contributed by atoms with Crippen molar-refractivity contribution in [3.63, 3.8) is 0 Å². The Labute approximate surface area is 126 Å². The van der Waals surface area contributed by atoms with E-state index in [0.29, 0.717) is 10.8 Å². The summed E-state index contributed by atoms with van der Waals surface area (Å²) in [6.07, 6.45) is 2.03. The summed E-state index contributed by atoms with van der Waals surface area (Å²) in [5.41, 5.74) is 1.21. The molecule has 1 saturated carbocycles. The average Bonchev–Trinajstić information content (AvgIpc) is 3.17. The third-order valence-corrected chi connectivity index (χ3v) is 5.30. The third-order valence-electron chi connectivity index (χ3n) is 3.91. The van der Waals surface area contributed by atoms with Gasteiger partial charge in [-0.2, -0.15) is 0 Å². The lowest BCUT2D eigenvalue weighted by atomic mass is 9.85. The van der Waals surface area contributed by atoms with Gasteiger partial charge in [0.25, 0.3) is 0 Å². The number of carbonyl (C=O) groups is 1. The predicted octanol–water partition coefficient (Wildman–Crippen LogP) is 4.18. The molecule has 1 aromatic heterocycles. The van der Waals surface area contributed by atoms with Gasteiger partial charge in [-0.1, -0.05) is 12.1 Å². The van der Waals surface area contributed by atoms with Gasteiger partial charge in [0.15, 0.2) is 0 Å². The van der Waals surface area contributed by atoms with Crippen molar-refractivity contribution in [2.45, 2.75) is 38.0 Å². The minimum atomic E-state index is -0.907. The molecule has 0 amide bonds. The Morgan fingerprint density at radius 1 is 1.33 bits per heavy atom. The van der Waals surface area contributed by atoms with E-state index in [1.165, 1.54) is 23.5 Å². The van der Waals surface area contributed by atoms with Crippen LogP contribution in [0.5, 0.6) is 0 Å². The number of benzene rings is 1. The molecule has 1 fully saturated rings. The van der Waals surface area contributed by atoms with Gasteiger partial charge in [-0.25, -0.2) is 14.2 Å². The van der Waals surface area contributed by atoms with E-state index in [1.807, 2.05) is 13.8 Å². The lowest BCUT2D eigenvalue weighted by Gasteiger charge is -2.22.